The van der Waals surface area contributed by atoms with Gasteiger partial charge in [0, 0.05) is 35.4 Å². The Morgan fingerprint density at radius 3 is 1.24 bits per heavy atom. The van der Waals surface area contributed by atoms with E-state index >= 15 is 0 Å². The van der Waals surface area contributed by atoms with Crippen LogP contribution in [-0.4, -0.2) is 0 Å². The summed E-state index contributed by atoms with van der Waals surface area (Å²) in [6, 6.07) is 54.5. The average molecular weight is 477 g/mol. The van der Waals surface area contributed by atoms with E-state index in [9.17, 15) is 0 Å². The topological polar surface area (TPSA) is 13.1 Å². The van der Waals surface area contributed by atoms with Crippen molar-refractivity contribution < 1.29 is 9.30 Å². The maximum absolute atomic E-state index is 6.07. The Morgan fingerprint density at radius 1 is 0.351 bits per heavy atom. The van der Waals surface area contributed by atoms with Gasteiger partial charge in [-0.3, -0.25) is 0 Å². The van der Waals surface area contributed by atoms with E-state index in [4.69, 9.17) is 4.74 Å². The molecule has 0 saturated carbocycles. The molecule has 0 unspecified atom stereocenters. The van der Waals surface area contributed by atoms with Crippen molar-refractivity contribution in [3.05, 3.63) is 158 Å². The molecule has 2 heteroatoms. The molecule has 2 nitrogen and oxygen atoms in total. The van der Waals surface area contributed by atoms with E-state index in [-0.39, 0.29) is 0 Å². The Hall–Kier alpha value is -4.95. The maximum Gasteiger partial charge on any atom is 0.219 e. The van der Waals surface area contributed by atoms with Gasteiger partial charge in [0.25, 0.3) is 0 Å². The zero-order chi connectivity index (χ0) is 24.9. The average Bonchev–Trinajstić information content (AvgIpc) is 2.99. The minimum absolute atomic E-state index is 0.805. The Labute approximate surface area is 217 Å². The predicted molar refractivity (Wildman–Crippen MR) is 151 cm³/mol. The smallest absolute Gasteiger partial charge is 0.219 e. The first-order valence-corrected chi connectivity index (χ1v) is 12.4. The van der Waals surface area contributed by atoms with Crippen LogP contribution in [-0.2, 0) is 0 Å². The minimum Gasteiger partial charge on any atom is -0.457 e. The molecule has 5 aromatic carbocycles. The van der Waals surface area contributed by atoms with Crippen LogP contribution >= 0.6 is 0 Å². The summed E-state index contributed by atoms with van der Waals surface area (Å²) in [6.07, 6.45) is 0. The van der Waals surface area contributed by atoms with Crippen molar-refractivity contribution in [2.45, 2.75) is 0 Å². The quantitative estimate of drug-likeness (QED) is 0.219. The number of nitrogens with zero attached hydrogens (tertiary/aromatic N) is 1. The second kappa shape index (κ2) is 10.3. The van der Waals surface area contributed by atoms with E-state index in [1.54, 1.807) is 0 Å². The lowest BCUT2D eigenvalue weighted by molar-refractivity contribution is -0.572. The van der Waals surface area contributed by atoms with Crippen LogP contribution in [0.15, 0.2) is 158 Å². The number of benzene rings is 5. The Balaban J connectivity index is 1.55. The van der Waals surface area contributed by atoms with Crippen molar-refractivity contribution in [2.24, 2.45) is 0 Å². The monoisotopic (exact) mass is 476 g/mol. The molecule has 0 N–H and O–H groups in total. The van der Waals surface area contributed by atoms with E-state index in [1.807, 2.05) is 42.5 Å². The first-order chi connectivity index (χ1) is 18.3. The third-order valence-electron chi connectivity index (χ3n) is 6.39. The third-order valence-corrected chi connectivity index (χ3v) is 6.39. The number of para-hydroxylation sites is 1. The van der Waals surface area contributed by atoms with E-state index in [0.29, 0.717) is 0 Å². The molecular formula is C35H26NO+. The van der Waals surface area contributed by atoms with Gasteiger partial charge in [-0.2, -0.15) is 4.57 Å². The Bertz CT molecular complexity index is 1530. The molecule has 6 rings (SSSR count). The summed E-state index contributed by atoms with van der Waals surface area (Å²) in [5, 5.41) is 0. The highest BCUT2D eigenvalue weighted by atomic mass is 16.5. The van der Waals surface area contributed by atoms with Crippen molar-refractivity contribution in [3.63, 3.8) is 0 Å². The summed E-state index contributed by atoms with van der Waals surface area (Å²) in [7, 11) is 0. The first kappa shape index (κ1) is 22.5. The molecule has 0 amide bonds. The third kappa shape index (κ3) is 4.91. The lowest BCUT2D eigenvalue weighted by Gasteiger charge is -2.13. The molecular weight excluding hydrogens is 450 g/mol. The van der Waals surface area contributed by atoms with Gasteiger partial charge in [-0.05, 0) is 59.7 Å². The highest BCUT2D eigenvalue weighted by Gasteiger charge is 2.25. The number of ether oxygens (including phenoxy) is 1. The van der Waals surface area contributed by atoms with Crippen LogP contribution in [0, 0.1) is 0 Å². The van der Waals surface area contributed by atoms with Gasteiger partial charge in [0.15, 0.2) is 0 Å². The fourth-order valence-electron chi connectivity index (χ4n) is 4.60. The fraction of sp³-hybridized carbons (Fsp3) is 0. The van der Waals surface area contributed by atoms with Crippen molar-refractivity contribution in [3.8, 4) is 50.8 Å². The fourth-order valence-corrected chi connectivity index (χ4v) is 4.60. The van der Waals surface area contributed by atoms with Crippen LogP contribution in [0.5, 0.6) is 11.5 Å². The SMILES string of the molecule is c1ccc(Oc2ccc(-[n+]3c(-c4ccccc4)cc(-c4ccccc4)cc3-c3ccccc3)cc2)cc1. The first-order valence-electron chi connectivity index (χ1n) is 12.4. The predicted octanol–water partition coefficient (Wildman–Crippen LogP) is 8.76. The van der Waals surface area contributed by atoms with E-state index in [2.05, 4.69) is 120 Å². The van der Waals surface area contributed by atoms with Crippen molar-refractivity contribution in [1.29, 1.82) is 0 Å². The Kier molecular flexibility index (Phi) is 6.30. The molecule has 0 radical (unpaired) electrons. The van der Waals surface area contributed by atoms with Crippen molar-refractivity contribution in [1.82, 2.24) is 0 Å². The highest BCUT2D eigenvalue weighted by Crippen LogP contribution is 2.31. The van der Waals surface area contributed by atoms with Crippen LogP contribution in [0.3, 0.4) is 0 Å². The molecule has 0 fully saturated rings. The molecule has 0 aliphatic rings. The standard InChI is InChI=1S/C35H26NO/c1-5-13-27(14-6-1)30-25-34(28-15-7-2-8-16-28)36(35(26-30)29-17-9-3-10-18-29)31-21-23-33(24-22-31)37-32-19-11-4-12-20-32/h1-26H/q+1. The lowest BCUT2D eigenvalue weighted by atomic mass is 9.98. The summed E-state index contributed by atoms with van der Waals surface area (Å²) in [4.78, 5) is 0. The van der Waals surface area contributed by atoms with Crippen LogP contribution in [0.2, 0.25) is 0 Å². The molecule has 0 spiro atoms. The normalized spacial score (nSPS) is 10.7. The Morgan fingerprint density at radius 2 is 0.757 bits per heavy atom. The number of pyridine rings is 1. The highest BCUT2D eigenvalue weighted by molar-refractivity contribution is 5.74. The number of rotatable bonds is 6. The van der Waals surface area contributed by atoms with Gasteiger partial charge < -0.3 is 4.74 Å². The zero-order valence-electron chi connectivity index (χ0n) is 20.4. The van der Waals surface area contributed by atoms with Gasteiger partial charge in [0.1, 0.15) is 11.5 Å². The summed E-state index contributed by atoms with van der Waals surface area (Å²) in [6.45, 7) is 0. The zero-order valence-corrected chi connectivity index (χ0v) is 20.4. The molecule has 0 saturated heterocycles. The maximum atomic E-state index is 6.07. The van der Waals surface area contributed by atoms with E-state index in [0.717, 1.165) is 39.7 Å². The lowest BCUT2D eigenvalue weighted by Crippen LogP contribution is -2.36. The van der Waals surface area contributed by atoms with Gasteiger partial charge in [-0.25, -0.2) is 0 Å². The van der Waals surface area contributed by atoms with E-state index in [1.165, 1.54) is 11.1 Å². The van der Waals surface area contributed by atoms with E-state index < -0.39 is 0 Å². The molecule has 1 aromatic heterocycles. The van der Waals surface area contributed by atoms with Gasteiger partial charge in [0.2, 0.25) is 17.1 Å². The van der Waals surface area contributed by atoms with Gasteiger partial charge in [0.05, 0.1) is 0 Å². The molecule has 0 atom stereocenters. The number of hydrogen-bond acceptors (Lipinski definition) is 1. The molecule has 6 aromatic rings. The minimum atomic E-state index is 0.805. The second-order valence-electron chi connectivity index (χ2n) is 8.86. The summed E-state index contributed by atoms with van der Waals surface area (Å²) in [5.74, 6) is 1.63. The molecule has 0 bridgehead atoms. The summed E-state index contributed by atoms with van der Waals surface area (Å²) in [5.41, 5.74) is 7.99. The summed E-state index contributed by atoms with van der Waals surface area (Å²) >= 11 is 0. The number of hydrogen-bond donors (Lipinski definition) is 0. The molecule has 176 valence electrons. The molecule has 1 heterocycles. The van der Waals surface area contributed by atoms with Gasteiger partial charge in [-0.15, -0.1) is 0 Å². The van der Waals surface area contributed by atoms with Crippen LogP contribution in [0.4, 0.5) is 0 Å². The number of aromatic nitrogens is 1. The van der Waals surface area contributed by atoms with Crippen LogP contribution in [0.1, 0.15) is 0 Å². The van der Waals surface area contributed by atoms with Gasteiger partial charge in [-0.1, -0.05) is 84.9 Å². The van der Waals surface area contributed by atoms with Crippen LogP contribution < -0.4 is 9.30 Å². The second-order valence-corrected chi connectivity index (χ2v) is 8.86. The molecule has 0 aliphatic carbocycles. The largest absolute Gasteiger partial charge is 0.457 e. The van der Waals surface area contributed by atoms with Gasteiger partial charge >= 0.3 is 0 Å². The van der Waals surface area contributed by atoms with Crippen molar-refractivity contribution >= 4 is 0 Å². The molecule has 37 heavy (non-hydrogen) atoms. The van der Waals surface area contributed by atoms with Crippen LogP contribution in [0.25, 0.3) is 39.3 Å². The molecule has 0 aliphatic heterocycles. The summed E-state index contributed by atoms with van der Waals surface area (Å²) < 4.78 is 8.40. The van der Waals surface area contributed by atoms with Crippen molar-refractivity contribution in [2.75, 3.05) is 0 Å².